The van der Waals surface area contributed by atoms with Gasteiger partial charge in [0.2, 0.25) is 0 Å². The van der Waals surface area contributed by atoms with Crippen LogP contribution in [0.25, 0.3) is 0 Å². The third-order valence-electron chi connectivity index (χ3n) is 3.15. The lowest BCUT2D eigenvalue weighted by atomic mass is 10.1. The molecule has 0 aliphatic carbocycles. The summed E-state index contributed by atoms with van der Waals surface area (Å²) in [5.41, 5.74) is 6.90. The number of aryl methyl sites for hydroxylation is 1. The van der Waals surface area contributed by atoms with Crippen molar-refractivity contribution in [2.45, 2.75) is 13.3 Å². The maximum absolute atomic E-state index is 13.6. The van der Waals surface area contributed by atoms with E-state index in [1.54, 1.807) is 13.0 Å². The van der Waals surface area contributed by atoms with E-state index < -0.39 is 11.7 Å². The summed E-state index contributed by atoms with van der Waals surface area (Å²) in [6, 6.07) is 5.74. The number of nitrogens with one attached hydrogen (secondary N) is 1. The Morgan fingerprint density at radius 3 is 2.81 bits per heavy atom. The Labute approximate surface area is 121 Å². The highest BCUT2D eigenvalue weighted by molar-refractivity contribution is 5.95. The lowest BCUT2D eigenvalue weighted by Gasteiger charge is -2.08. The van der Waals surface area contributed by atoms with Gasteiger partial charge in [0, 0.05) is 12.7 Å². The molecule has 6 heteroatoms. The minimum Gasteiger partial charge on any atom is -0.381 e. The van der Waals surface area contributed by atoms with Crippen molar-refractivity contribution in [3.05, 3.63) is 58.8 Å². The van der Waals surface area contributed by atoms with Gasteiger partial charge in [-0.05, 0) is 42.7 Å². The van der Waals surface area contributed by atoms with Crippen LogP contribution in [0.2, 0.25) is 0 Å². The quantitative estimate of drug-likeness (QED) is 0.907. The van der Waals surface area contributed by atoms with Crippen LogP contribution < -0.4 is 11.1 Å². The van der Waals surface area contributed by atoms with Crippen LogP contribution in [0.1, 0.15) is 21.5 Å². The molecule has 2 rings (SSSR count). The maximum atomic E-state index is 13.6. The van der Waals surface area contributed by atoms with E-state index in [0.717, 1.165) is 11.1 Å². The monoisotopic (exact) mass is 291 g/mol. The number of anilines is 1. The van der Waals surface area contributed by atoms with Crippen molar-refractivity contribution in [3.8, 4) is 0 Å². The third kappa shape index (κ3) is 3.53. The van der Waals surface area contributed by atoms with Gasteiger partial charge in [-0.1, -0.05) is 6.07 Å². The molecular weight excluding hydrogens is 276 g/mol. The number of nitrogen functional groups attached to an aromatic ring is 1. The van der Waals surface area contributed by atoms with Crippen LogP contribution in [0.15, 0.2) is 30.5 Å². The van der Waals surface area contributed by atoms with Gasteiger partial charge in [-0.3, -0.25) is 4.79 Å². The molecule has 0 unspecified atom stereocenters. The second kappa shape index (κ2) is 6.30. The number of pyridine rings is 1. The molecule has 0 bridgehead atoms. The van der Waals surface area contributed by atoms with E-state index in [9.17, 15) is 13.6 Å². The van der Waals surface area contributed by atoms with E-state index in [2.05, 4.69) is 10.3 Å². The Morgan fingerprint density at radius 1 is 1.33 bits per heavy atom. The fourth-order valence-electron chi connectivity index (χ4n) is 1.98. The first kappa shape index (κ1) is 14.9. The highest BCUT2D eigenvalue weighted by Crippen LogP contribution is 2.12. The molecular formula is C15H15F2N3O. The fraction of sp³-hybridized carbons (Fsp3) is 0.200. The predicted molar refractivity (Wildman–Crippen MR) is 75.8 cm³/mol. The summed E-state index contributed by atoms with van der Waals surface area (Å²) in [5, 5.41) is 2.60. The number of benzene rings is 1. The van der Waals surface area contributed by atoms with E-state index in [1.807, 2.05) is 0 Å². The highest BCUT2D eigenvalue weighted by atomic mass is 19.1. The summed E-state index contributed by atoms with van der Waals surface area (Å²) < 4.78 is 26.6. The van der Waals surface area contributed by atoms with Crippen molar-refractivity contribution < 1.29 is 13.6 Å². The van der Waals surface area contributed by atoms with Crippen molar-refractivity contribution >= 4 is 11.7 Å². The molecule has 2 aromatic rings. The smallest absolute Gasteiger partial charge is 0.254 e. The Hall–Kier alpha value is -2.50. The van der Waals surface area contributed by atoms with Gasteiger partial charge >= 0.3 is 0 Å². The first-order valence-electron chi connectivity index (χ1n) is 6.42. The van der Waals surface area contributed by atoms with E-state index in [-0.39, 0.29) is 17.2 Å². The number of nitrogens with zero attached hydrogens (tertiary/aromatic N) is 1. The summed E-state index contributed by atoms with van der Waals surface area (Å²) in [7, 11) is 0. The zero-order chi connectivity index (χ0) is 15.4. The average Bonchev–Trinajstić information content (AvgIpc) is 2.44. The van der Waals surface area contributed by atoms with Crippen molar-refractivity contribution in [2.24, 2.45) is 0 Å². The molecule has 0 atom stereocenters. The number of halogens is 2. The van der Waals surface area contributed by atoms with Crippen LogP contribution in [0.3, 0.4) is 0 Å². The first-order valence-corrected chi connectivity index (χ1v) is 6.42. The minimum atomic E-state index is -0.826. The molecule has 1 aromatic carbocycles. The van der Waals surface area contributed by atoms with Crippen molar-refractivity contribution in [3.63, 3.8) is 0 Å². The van der Waals surface area contributed by atoms with Gasteiger partial charge in [-0.15, -0.1) is 0 Å². The molecule has 1 aromatic heterocycles. The van der Waals surface area contributed by atoms with Crippen LogP contribution in [0, 0.1) is 18.6 Å². The number of rotatable bonds is 4. The van der Waals surface area contributed by atoms with Gasteiger partial charge in [-0.2, -0.15) is 0 Å². The van der Waals surface area contributed by atoms with E-state index in [0.29, 0.717) is 13.0 Å². The van der Waals surface area contributed by atoms with Gasteiger partial charge < -0.3 is 11.1 Å². The number of carbonyl (C=O) groups is 1. The lowest BCUT2D eigenvalue weighted by molar-refractivity contribution is 0.0950. The number of hydrogen-bond donors (Lipinski definition) is 2. The summed E-state index contributed by atoms with van der Waals surface area (Å²) in [6.07, 6.45) is 1.80. The highest BCUT2D eigenvalue weighted by Gasteiger charge is 2.14. The van der Waals surface area contributed by atoms with Crippen LogP contribution in [0.4, 0.5) is 14.6 Å². The van der Waals surface area contributed by atoms with Crippen LogP contribution in [0.5, 0.6) is 0 Å². The Bertz CT molecular complexity index is 674. The number of aromatic nitrogens is 1. The van der Waals surface area contributed by atoms with Gasteiger partial charge in [0.15, 0.2) is 11.6 Å². The van der Waals surface area contributed by atoms with E-state index in [1.165, 1.54) is 24.4 Å². The van der Waals surface area contributed by atoms with E-state index in [4.69, 9.17) is 5.73 Å². The Kier molecular flexibility index (Phi) is 4.47. The number of nitrogens with two attached hydrogens (primary N) is 1. The molecule has 0 saturated carbocycles. The number of amides is 1. The normalized spacial score (nSPS) is 10.4. The van der Waals surface area contributed by atoms with Gasteiger partial charge in [0.05, 0.1) is 5.56 Å². The molecule has 0 fully saturated rings. The van der Waals surface area contributed by atoms with Crippen LogP contribution in [-0.2, 0) is 6.42 Å². The molecule has 21 heavy (non-hydrogen) atoms. The molecule has 0 aliphatic rings. The number of carbonyl (C=O) groups excluding carboxylic acids is 1. The fourth-order valence-corrected chi connectivity index (χ4v) is 1.98. The number of hydrogen-bond acceptors (Lipinski definition) is 3. The zero-order valence-electron chi connectivity index (χ0n) is 11.5. The first-order chi connectivity index (χ1) is 9.99. The largest absolute Gasteiger partial charge is 0.381 e. The van der Waals surface area contributed by atoms with E-state index >= 15 is 0 Å². The third-order valence-corrected chi connectivity index (χ3v) is 3.15. The lowest BCUT2D eigenvalue weighted by Crippen LogP contribution is -2.27. The van der Waals surface area contributed by atoms with Gasteiger partial charge in [0.1, 0.15) is 5.82 Å². The molecule has 1 amide bonds. The van der Waals surface area contributed by atoms with Gasteiger partial charge in [0.25, 0.3) is 5.91 Å². The molecule has 3 N–H and O–H groups in total. The SMILES string of the molecule is Cc1cc(F)ccc1CCNC(=O)c1ccnc(N)c1F. The summed E-state index contributed by atoms with van der Waals surface area (Å²) in [6.45, 7) is 2.11. The van der Waals surface area contributed by atoms with Crippen molar-refractivity contribution in [1.29, 1.82) is 0 Å². The van der Waals surface area contributed by atoms with Crippen molar-refractivity contribution in [2.75, 3.05) is 12.3 Å². The summed E-state index contributed by atoms with van der Waals surface area (Å²) in [4.78, 5) is 15.4. The van der Waals surface area contributed by atoms with Crippen molar-refractivity contribution in [1.82, 2.24) is 10.3 Å². The second-order valence-electron chi connectivity index (χ2n) is 4.63. The molecule has 0 aliphatic heterocycles. The Balaban J connectivity index is 1.97. The molecule has 0 saturated heterocycles. The molecule has 4 nitrogen and oxygen atoms in total. The standard InChI is InChI=1S/C15H15F2N3O/c1-9-8-11(16)3-2-10(9)4-6-20-15(21)12-5-7-19-14(18)13(12)17/h2-3,5,7-8H,4,6H2,1H3,(H2,18,19)(H,20,21). The Morgan fingerprint density at radius 2 is 2.10 bits per heavy atom. The summed E-state index contributed by atoms with van der Waals surface area (Å²) in [5.74, 6) is -1.99. The topological polar surface area (TPSA) is 68.0 Å². The molecule has 1 heterocycles. The van der Waals surface area contributed by atoms with Crippen LogP contribution in [-0.4, -0.2) is 17.4 Å². The predicted octanol–water partition coefficient (Wildman–Crippen LogP) is 2.22. The second-order valence-corrected chi connectivity index (χ2v) is 4.63. The maximum Gasteiger partial charge on any atom is 0.254 e. The van der Waals surface area contributed by atoms with Crippen LogP contribution >= 0.6 is 0 Å². The van der Waals surface area contributed by atoms with Gasteiger partial charge in [-0.25, -0.2) is 13.8 Å². The minimum absolute atomic E-state index is 0.140. The molecule has 0 radical (unpaired) electrons. The molecule has 0 spiro atoms. The molecule has 110 valence electrons. The summed E-state index contributed by atoms with van der Waals surface area (Å²) >= 11 is 0. The zero-order valence-corrected chi connectivity index (χ0v) is 11.5. The average molecular weight is 291 g/mol.